The molecule has 1 aromatic rings. The third-order valence-electron chi connectivity index (χ3n) is 2.19. The van der Waals surface area contributed by atoms with E-state index in [1.807, 2.05) is 19.1 Å². The fourth-order valence-corrected chi connectivity index (χ4v) is 1.42. The van der Waals surface area contributed by atoms with Gasteiger partial charge >= 0.3 is 0 Å². The molecular formula is C14H16O2. The van der Waals surface area contributed by atoms with E-state index >= 15 is 0 Å². The molecule has 0 aliphatic heterocycles. The number of unbranched alkanes of at least 4 members (excludes halogenated alkanes) is 1. The summed E-state index contributed by atoms with van der Waals surface area (Å²) in [6.45, 7) is 2.52. The van der Waals surface area contributed by atoms with Crippen molar-refractivity contribution >= 4 is 5.78 Å². The third kappa shape index (κ3) is 3.78. The summed E-state index contributed by atoms with van der Waals surface area (Å²) in [5.74, 6) is 3.39. The van der Waals surface area contributed by atoms with Crippen LogP contribution in [0.4, 0.5) is 0 Å². The zero-order valence-corrected chi connectivity index (χ0v) is 9.53. The summed E-state index contributed by atoms with van der Waals surface area (Å²) in [6, 6.07) is 7.27. The molecule has 0 aliphatic rings. The smallest absolute Gasteiger partial charge is 0.163 e. The van der Waals surface area contributed by atoms with E-state index in [1.54, 1.807) is 12.1 Å². The van der Waals surface area contributed by atoms with Crippen LogP contribution in [0.25, 0.3) is 0 Å². The lowest BCUT2D eigenvalue weighted by Gasteiger charge is -2.05. The molecule has 84 valence electrons. The summed E-state index contributed by atoms with van der Waals surface area (Å²) in [6.07, 6.45) is 7.03. The molecule has 0 bridgehead atoms. The number of carbonyl (C=O) groups excluding carboxylic acids is 1. The number of ketones is 1. The topological polar surface area (TPSA) is 26.3 Å². The highest BCUT2D eigenvalue weighted by atomic mass is 16.5. The van der Waals surface area contributed by atoms with E-state index in [-0.39, 0.29) is 5.78 Å². The van der Waals surface area contributed by atoms with Crippen LogP contribution in [0.3, 0.4) is 0 Å². The highest BCUT2D eigenvalue weighted by molar-refractivity contribution is 5.96. The van der Waals surface area contributed by atoms with Gasteiger partial charge in [-0.25, -0.2) is 0 Å². The molecule has 0 spiro atoms. The second kappa shape index (κ2) is 6.68. The molecule has 0 atom stereocenters. The molecule has 16 heavy (non-hydrogen) atoms. The van der Waals surface area contributed by atoms with Gasteiger partial charge in [-0.2, -0.15) is 0 Å². The molecule has 0 saturated heterocycles. The lowest BCUT2D eigenvalue weighted by molar-refractivity contribution is 0.0980. The van der Waals surface area contributed by atoms with Crippen molar-refractivity contribution in [2.24, 2.45) is 0 Å². The van der Waals surface area contributed by atoms with E-state index in [0.29, 0.717) is 25.0 Å². The molecule has 0 fully saturated rings. The summed E-state index contributed by atoms with van der Waals surface area (Å²) in [7, 11) is 0. The van der Waals surface area contributed by atoms with Crippen LogP contribution in [-0.2, 0) is 0 Å². The summed E-state index contributed by atoms with van der Waals surface area (Å²) in [5.41, 5.74) is 0.697. The summed E-state index contributed by atoms with van der Waals surface area (Å²) >= 11 is 0. The molecule has 0 N–H and O–H groups in total. The van der Waals surface area contributed by atoms with E-state index in [4.69, 9.17) is 11.2 Å². The highest BCUT2D eigenvalue weighted by Crippen LogP contribution is 2.15. The maximum atomic E-state index is 11.8. The second-order valence-electron chi connectivity index (χ2n) is 3.44. The van der Waals surface area contributed by atoms with Crippen molar-refractivity contribution in [2.75, 3.05) is 6.61 Å². The lowest BCUT2D eigenvalue weighted by Crippen LogP contribution is -2.00. The number of hydrogen-bond acceptors (Lipinski definition) is 2. The Labute approximate surface area is 96.6 Å². The maximum Gasteiger partial charge on any atom is 0.163 e. The largest absolute Gasteiger partial charge is 0.494 e. The molecule has 0 aliphatic carbocycles. The Balaban J connectivity index is 2.61. The van der Waals surface area contributed by atoms with Gasteiger partial charge in [-0.1, -0.05) is 12.1 Å². The van der Waals surface area contributed by atoms with Crippen molar-refractivity contribution in [3.8, 4) is 18.1 Å². The van der Waals surface area contributed by atoms with Crippen LogP contribution in [0.5, 0.6) is 5.75 Å². The summed E-state index contributed by atoms with van der Waals surface area (Å²) in [4.78, 5) is 11.8. The number of ether oxygens (including phenoxy) is 1. The van der Waals surface area contributed by atoms with Crippen LogP contribution >= 0.6 is 0 Å². The van der Waals surface area contributed by atoms with E-state index in [9.17, 15) is 4.79 Å². The lowest BCUT2D eigenvalue weighted by atomic mass is 10.1. The van der Waals surface area contributed by atoms with Crippen LogP contribution in [0.2, 0.25) is 0 Å². The van der Waals surface area contributed by atoms with E-state index in [1.165, 1.54) is 0 Å². The Hall–Kier alpha value is -1.75. The van der Waals surface area contributed by atoms with Crippen LogP contribution in [0.1, 0.15) is 36.5 Å². The van der Waals surface area contributed by atoms with Crippen LogP contribution in [0.15, 0.2) is 24.3 Å². The van der Waals surface area contributed by atoms with Gasteiger partial charge < -0.3 is 4.74 Å². The van der Waals surface area contributed by atoms with Crippen LogP contribution in [-0.4, -0.2) is 12.4 Å². The quantitative estimate of drug-likeness (QED) is 0.415. The minimum atomic E-state index is 0.122. The third-order valence-corrected chi connectivity index (χ3v) is 2.19. The minimum Gasteiger partial charge on any atom is -0.494 e. The molecule has 0 amide bonds. The van der Waals surface area contributed by atoms with Crippen molar-refractivity contribution in [3.05, 3.63) is 29.8 Å². The van der Waals surface area contributed by atoms with Gasteiger partial charge in [0, 0.05) is 18.4 Å². The molecule has 1 rings (SSSR count). The van der Waals surface area contributed by atoms with E-state index in [2.05, 4.69) is 5.92 Å². The predicted octanol–water partition coefficient (Wildman–Crippen LogP) is 3.07. The number of benzene rings is 1. The van der Waals surface area contributed by atoms with Gasteiger partial charge in [0.1, 0.15) is 5.75 Å². The fraction of sp³-hybridized carbons (Fsp3) is 0.357. The zero-order chi connectivity index (χ0) is 11.8. The molecule has 1 aromatic carbocycles. The molecular weight excluding hydrogens is 200 g/mol. The van der Waals surface area contributed by atoms with Gasteiger partial charge in [0.05, 0.1) is 6.61 Å². The zero-order valence-electron chi connectivity index (χ0n) is 9.53. The first-order valence-electron chi connectivity index (χ1n) is 5.47. The SMILES string of the molecule is C#CCCCC(=O)c1cccc(OCC)c1. The Bertz CT molecular complexity index is 388. The van der Waals surface area contributed by atoms with E-state index in [0.717, 1.165) is 12.2 Å². The summed E-state index contributed by atoms with van der Waals surface area (Å²) in [5, 5.41) is 0. The monoisotopic (exact) mass is 216 g/mol. The minimum absolute atomic E-state index is 0.122. The molecule has 0 radical (unpaired) electrons. The van der Waals surface area contributed by atoms with Gasteiger partial charge in [-0.05, 0) is 25.5 Å². The summed E-state index contributed by atoms with van der Waals surface area (Å²) < 4.78 is 5.34. The molecule has 0 unspecified atom stereocenters. The first-order valence-corrected chi connectivity index (χ1v) is 5.47. The van der Waals surface area contributed by atoms with Crippen LogP contribution in [0, 0.1) is 12.3 Å². The number of carbonyl (C=O) groups is 1. The van der Waals surface area contributed by atoms with Crippen molar-refractivity contribution in [1.82, 2.24) is 0 Å². The maximum absolute atomic E-state index is 11.8. The fourth-order valence-electron chi connectivity index (χ4n) is 1.42. The Morgan fingerprint density at radius 1 is 1.50 bits per heavy atom. The number of hydrogen-bond donors (Lipinski definition) is 0. The van der Waals surface area contributed by atoms with Gasteiger partial charge in [0.2, 0.25) is 0 Å². The Morgan fingerprint density at radius 3 is 3.00 bits per heavy atom. The molecule has 0 saturated carbocycles. The molecule has 0 heterocycles. The molecule has 0 aromatic heterocycles. The number of rotatable bonds is 6. The number of Topliss-reactive ketones (excluding diaryl/α,β-unsaturated/α-hetero) is 1. The van der Waals surface area contributed by atoms with Crippen molar-refractivity contribution in [3.63, 3.8) is 0 Å². The van der Waals surface area contributed by atoms with Gasteiger partial charge in [0.15, 0.2) is 5.78 Å². The van der Waals surface area contributed by atoms with Gasteiger partial charge in [-0.3, -0.25) is 4.79 Å². The molecule has 2 heteroatoms. The van der Waals surface area contributed by atoms with Crippen molar-refractivity contribution in [1.29, 1.82) is 0 Å². The second-order valence-corrected chi connectivity index (χ2v) is 3.44. The van der Waals surface area contributed by atoms with Crippen molar-refractivity contribution in [2.45, 2.75) is 26.2 Å². The first kappa shape index (κ1) is 12.3. The predicted molar refractivity (Wildman–Crippen MR) is 64.6 cm³/mol. The Morgan fingerprint density at radius 2 is 2.31 bits per heavy atom. The normalized spacial score (nSPS) is 9.50. The molecule has 2 nitrogen and oxygen atoms in total. The van der Waals surface area contributed by atoms with Gasteiger partial charge in [0.25, 0.3) is 0 Å². The highest BCUT2D eigenvalue weighted by Gasteiger charge is 2.06. The Kier molecular flexibility index (Phi) is 5.15. The number of terminal acetylenes is 1. The standard InChI is InChI=1S/C14H16O2/c1-3-5-6-10-14(15)12-8-7-9-13(11-12)16-4-2/h1,7-9,11H,4-6,10H2,2H3. The van der Waals surface area contributed by atoms with Crippen molar-refractivity contribution < 1.29 is 9.53 Å². The average Bonchev–Trinajstić information content (AvgIpc) is 2.30. The van der Waals surface area contributed by atoms with Gasteiger partial charge in [-0.15, -0.1) is 12.3 Å². The first-order chi connectivity index (χ1) is 7.77. The van der Waals surface area contributed by atoms with Crippen LogP contribution < -0.4 is 4.74 Å². The van der Waals surface area contributed by atoms with E-state index < -0.39 is 0 Å². The average molecular weight is 216 g/mol.